The van der Waals surface area contributed by atoms with E-state index in [4.69, 9.17) is 16.3 Å². The molecule has 1 aliphatic rings. The number of carbonyl (C=O) groups excluding carboxylic acids is 2. The van der Waals surface area contributed by atoms with Crippen molar-refractivity contribution >= 4 is 23.4 Å². The monoisotopic (exact) mass is 380 g/mol. The summed E-state index contributed by atoms with van der Waals surface area (Å²) in [6.45, 7) is 8.89. The molecule has 0 bridgehead atoms. The molecule has 2 rings (SSSR count). The third-order valence-electron chi connectivity index (χ3n) is 4.71. The van der Waals surface area contributed by atoms with Gasteiger partial charge in [0.2, 0.25) is 5.91 Å². The van der Waals surface area contributed by atoms with Crippen LogP contribution in [0.1, 0.15) is 52.0 Å². The molecular formula is C20H29ClN2O3. The van der Waals surface area contributed by atoms with Gasteiger partial charge in [-0.1, -0.05) is 32.0 Å². The average molecular weight is 381 g/mol. The Morgan fingerprint density at radius 3 is 2.35 bits per heavy atom. The van der Waals surface area contributed by atoms with E-state index in [1.807, 2.05) is 24.3 Å². The number of amides is 2. The fourth-order valence-corrected chi connectivity index (χ4v) is 3.26. The number of alkyl halides is 1. The number of piperidine rings is 1. The molecule has 0 radical (unpaired) electrons. The summed E-state index contributed by atoms with van der Waals surface area (Å²) in [5.41, 5.74) is 1.09. The zero-order valence-electron chi connectivity index (χ0n) is 16.0. The minimum atomic E-state index is -0.572. The second kappa shape index (κ2) is 9.26. The summed E-state index contributed by atoms with van der Waals surface area (Å²) in [6.07, 6.45) is 0.893. The first-order valence-corrected chi connectivity index (χ1v) is 9.72. The van der Waals surface area contributed by atoms with Crippen LogP contribution >= 0.6 is 11.6 Å². The Bertz CT molecular complexity index is 625. The van der Waals surface area contributed by atoms with Crippen molar-refractivity contribution in [2.24, 2.45) is 0 Å². The number of carbonyl (C=O) groups is 2. The van der Waals surface area contributed by atoms with Gasteiger partial charge >= 0.3 is 0 Å². The van der Waals surface area contributed by atoms with E-state index < -0.39 is 11.5 Å². The van der Waals surface area contributed by atoms with Gasteiger partial charge < -0.3 is 15.0 Å². The Morgan fingerprint density at radius 1 is 1.15 bits per heavy atom. The maximum absolute atomic E-state index is 12.5. The fourth-order valence-electron chi connectivity index (χ4n) is 3.12. The first kappa shape index (κ1) is 20.6. The highest BCUT2D eigenvalue weighted by Crippen LogP contribution is 2.26. The highest BCUT2D eigenvalue weighted by molar-refractivity contribution is 6.30. The van der Waals surface area contributed by atoms with Crippen molar-refractivity contribution in [2.45, 2.75) is 64.0 Å². The van der Waals surface area contributed by atoms with E-state index in [0.717, 1.165) is 24.2 Å². The smallest absolute Gasteiger partial charge is 0.260 e. The number of benzene rings is 1. The summed E-state index contributed by atoms with van der Waals surface area (Å²) >= 11 is 5.86. The number of ether oxygens (including phenoxy) is 1. The van der Waals surface area contributed by atoms with Gasteiger partial charge in [-0.15, -0.1) is 11.6 Å². The van der Waals surface area contributed by atoms with Gasteiger partial charge in [0.1, 0.15) is 11.1 Å². The second-order valence-corrected chi connectivity index (χ2v) is 7.83. The number of likely N-dealkylation sites (tertiary alicyclic amines) is 1. The lowest BCUT2D eigenvalue weighted by Crippen LogP contribution is -2.50. The van der Waals surface area contributed by atoms with E-state index in [1.54, 1.807) is 18.7 Å². The minimum absolute atomic E-state index is 0.0431. The van der Waals surface area contributed by atoms with Gasteiger partial charge in [-0.2, -0.15) is 0 Å². The number of hydrogen-bond acceptors (Lipinski definition) is 3. The van der Waals surface area contributed by atoms with Crippen molar-refractivity contribution < 1.29 is 14.3 Å². The molecule has 5 nitrogen and oxygen atoms in total. The third-order valence-corrected chi connectivity index (χ3v) is 4.89. The number of hydrogen-bond donors (Lipinski definition) is 1. The van der Waals surface area contributed by atoms with Crippen LogP contribution < -0.4 is 10.1 Å². The zero-order valence-corrected chi connectivity index (χ0v) is 16.8. The van der Waals surface area contributed by atoms with Gasteiger partial charge in [0.15, 0.2) is 6.10 Å². The van der Waals surface area contributed by atoms with Crippen LogP contribution in [0.4, 0.5) is 0 Å². The van der Waals surface area contributed by atoms with Gasteiger partial charge in [0.25, 0.3) is 5.91 Å². The molecule has 2 unspecified atom stereocenters. The van der Waals surface area contributed by atoms with Crippen LogP contribution in [0.5, 0.6) is 5.75 Å². The van der Waals surface area contributed by atoms with Crippen LogP contribution in [-0.2, 0) is 9.59 Å². The number of rotatable bonds is 6. The van der Waals surface area contributed by atoms with E-state index in [9.17, 15) is 9.59 Å². The van der Waals surface area contributed by atoms with Crippen molar-refractivity contribution in [1.29, 1.82) is 0 Å². The van der Waals surface area contributed by atoms with Gasteiger partial charge in [-0.05, 0) is 44.2 Å². The molecule has 2 atom stereocenters. The molecule has 0 saturated carbocycles. The molecular weight excluding hydrogens is 352 g/mol. The molecule has 1 aromatic rings. The standard InChI is InChI=1S/C20H29ClN2O3/c1-13(2)17-7-5-6-8-18(17)26-15(4)19(24)22-16-9-11-23(12-10-16)20(25)14(3)21/h5-8,13-16H,9-12H2,1-4H3,(H,22,24). The van der Waals surface area contributed by atoms with Crippen LogP contribution in [-0.4, -0.2) is 47.3 Å². The summed E-state index contributed by atoms with van der Waals surface area (Å²) in [6, 6.07) is 7.87. The second-order valence-electron chi connectivity index (χ2n) is 7.18. The predicted molar refractivity (Wildman–Crippen MR) is 104 cm³/mol. The van der Waals surface area contributed by atoms with Crippen molar-refractivity contribution in [1.82, 2.24) is 10.2 Å². The molecule has 1 aromatic carbocycles. The molecule has 2 amide bonds. The maximum atomic E-state index is 12.5. The molecule has 1 fully saturated rings. The van der Waals surface area contributed by atoms with Crippen molar-refractivity contribution in [3.63, 3.8) is 0 Å². The van der Waals surface area contributed by atoms with Crippen molar-refractivity contribution in [3.05, 3.63) is 29.8 Å². The predicted octanol–water partition coefficient (Wildman–Crippen LogP) is 3.31. The van der Waals surface area contributed by atoms with Crippen LogP contribution in [0.2, 0.25) is 0 Å². The number of para-hydroxylation sites is 1. The topological polar surface area (TPSA) is 58.6 Å². The summed E-state index contributed by atoms with van der Waals surface area (Å²) in [5.74, 6) is 0.909. The molecule has 1 heterocycles. The van der Waals surface area contributed by atoms with Gasteiger partial charge in [-0.3, -0.25) is 9.59 Å². The van der Waals surface area contributed by atoms with E-state index in [0.29, 0.717) is 19.0 Å². The minimum Gasteiger partial charge on any atom is -0.481 e. The molecule has 1 aliphatic heterocycles. The quantitative estimate of drug-likeness (QED) is 0.770. The highest BCUT2D eigenvalue weighted by atomic mass is 35.5. The first-order chi connectivity index (χ1) is 12.3. The third kappa shape index (κ3) is 5.37. The van der Waals surface area contributed by atoms with E-state index >= 15 is 0 Å². The lowest BCUT2D eigenvalue weighted by molar-refractivity contribution is -0.132. The average Bonchev–Trinajstić information content (AvgIpc) is 2.61. The van der Waals surface area contributed by atoms with Gasteiger partial charge in [0.05, 0.1) is 0 Å². The Morgan fingerprint density at radius 2 is 1.77 bits per heavy atom. The van der Waals surface area contributed by atoms with Crippen molar-refractivity contribution in [3.8, 4) is 5.75 Å². The van der Waals surface area contributed by atoms with E-state index in [2.05, 4.69) is 19.2 Å². The van der Waals surface area contributed by atoms with Crippen LogP contribution in [0.25, 0.3) is 0 Å². The van der Waals surface area contributed by atoms with Crippen LogP contribution in [0.15, 0.2) is 24.3 Å². The molecule has 0 aliphatic carbocycles. The van der Waals surface area contributed by atoms with Gasteiger partial charge in [-0.25, -0.2) is 0 Å². The SMILES string of the molecule is CC(Cl)C(=O)N1CCC(NC(=O)C(C)Oc2ccccc2C(C)C)CC1. The lowest BCUT2D eigenvalue weighted by Gasteiger charge is -2.33. The maximum Gasteiger partial charge on any atom is 0.260 e. The number of nitrogens with zero attached hydrogens (tertiary/aromatic N) is 1. The molecule has 6 heteroatoms. The first-order valence-electron chi connectivity index (χ1n) is 9.28. The summed E-state index contributed by atoms with van der Waals surface area (Å²) in [5, 5.41) is 2.54. The van der Waals surface area contributed by atoms with E-state index in [1.165, 1.54) is 0 Å². The van der Waals surface area contributed by atoms with Crippen LogP contribution in [0, 0.1) is 0 Å². The Kier molecular flexibility index (Phi) is 7.33. The van der Waals surface area contributed by atoms with E-state index in [-0.39, 0.29) is 17.9 Å². The number of nitrogens with one attached hydrogen (secondary N) is 1. The summed E-state index contributed by atoms with van der Waals surface area (Å²) in [4.78, 5) is 26.2. The lowest BCUT2D eigenvalue weighted by atomic mass is 10.0. The molecule has 1 N–H and O–H groups in total. The summed E-state index contributed by atoms with van der Waals surface area (Å²) < 4.78 is 5.91. The van der Waals surface area contributed by atoms with Crippen molar-refractivity contribution in [2.75, 3.05) is 13.1 Å². The van der Waals surface area contributed by atoms with Crippen LogP contribution in [0.3, 0.4) is 0 Å². The largest absolute Gasteiger partial charge is 0.481 e. The molecule has 26 heavy (non-hydrogen) atoms. The Balaban J connectivity index is 1.86. The molecule has 0 spiro atoms. The fraction of sp³-hybridized carbons (Fsp3) is 0.600. The Hall–Kier alpha value is -1.75. The molecule has 0 aromatic heterocycles. The highest BCUT2D eigenvalue weighted by Gasteiger charge is 2.27. The molecule has 1 saturated heterocycles. The summed E-state index contributed by atoms with van der Waals surface area (Å²) in [7, 11) is 0. The number of halogens is 1. The normalized spacial score (nSPS) is 17.7. The van der Waals surface area contributed by atoms with Gasteiger partial charge in [0, 0.05) is 19.1 Å². The molecule has 144 valence electrons. The Labute approximate surface area is 161 Å². The zero-order chi connectivity index (χ0) is 19.3.